The number of hydrogen-bond acceptors (Lipinski definition) is 5. The van der Waals surface area contributed by atoms with Crippen molar-refractivity contribution in [1.82, 2.24) is 10.9 Å². The number of carboxylic acid groups (broad SMARTS) is 1. The van der Waals surface area contributed by atoms with E-state index in [0.717, 1.165) is 16.7 Å². The highest BCUT2D eigenvalue weighted by Crippen LogP contribution is 2.48. The molecule has 0 aliphatic heterocycles. The van der Waals surface area contributed by atoms with Crippen molar-refractivity contribution in [3.63, 3.8) is 0 Å². The Kier molecular flexibility index (Phi) is 8.36. The SMILES string of the molecule is CC(C)(C)OC(=O)NN[C@@H](CSC(c1ccccc1)(c1ccccc1)c1ccccc1)C(=O)O. The zero-order valence-electron chi connectivity index (χ0n) is 19.5. The fraction of sp³-hybridized carbons (Fsp3) is 0.259. The fourth-order valence-corrected chi connectivity index (χ4v) is 5.15. The fourth-order valence-electron chi connectivity index (χ4n) is 3.60. The van der Waals surface area contributed by atoms with E-state index in [1.807, 2.05) is 54.6 Å². The first-order valence-corrected chi connectivity index (χ1v) is 12.0. The Morgan fingerprint density at radius 1 is 0.824 bits per heavy atom. The second kappa shape index (κ2) is 11.2. The smallest absolute Gasteiger partial charge is 0.422 e. The lowest BCUT2D eigenvalue weighted by Crippen LogP contribution is -2.51. The minimum Gasteiger partial charge on any atom is -0.480 e. The largest absolute Gasteiger partial charge is 0.480 e. The van der Waals surface area contributed by atoms with Crippen LogP contribution in [0.15, 0.2) is 91.0 Å². The van der Waals surface area contributed by atoms with Crippen molar-refractivity contribution >= 4 is 23.8 Å². The Morgan fingerprint density at radius 2 is 1.24 bits per heavy atom. The summed E-state index contributed by atoms with van der Waals surface area (Å²) in [6.07, 6.45) is -0.732. The molecule has 0 unspecified atom stereocenters. The molecule has 0 aliphatic rings. The van der Waals surface area contributed by atoms with Crippen LogP contribution in [0.4, 0.5) is 4.79 Å². The summed E-state index contributed by atoms with van der Waals surface area (Å²) in [5.41, 5.74) is 7.39. The number of aliphatic carboxylic acids is 1. The molecule has 1 atom stereocenters. The van der Waals surface area contributed by atoms with E-state index in [4.69, 9.17) is 4.74 Å². The van der Waals surface area contributed by atoms with Gasteiger partial charge >= 0.3 is 12.1 Å². The van der Waals surface area contributed by atoms with Gasteiger partial charge in [-0.25, -0.2) is 10.2 Å². The lowest BCUT2D eigenvalue weighted by Gasteiger charge is -2.36. The van der Waals surface area contributed by atoms with Crippen LogP contribution in [-0.4, -0.2) is 34.6 Å². The molecule has 0 bridgehead atoms. The number of carbonyl (C=O) groups excluding carboxylic acids is 1. The van der Waals surface area contributed by atoms with Crippen LogP contribution in [0.2, 0.25) is 0 Å². The van der Waals surface area contributed by atoms with Crippen LogP contribution in [0.25, 0.3) is 0 Å². The molecule has 0 spiro atoms. The standard InChI is InChI=1S/C27H30N2O4S/c1-26(2,3)33-25(32)29-28-23(24(30)31)19-34-27(20-13-7-4-8-14-20,21-15-9-5-10-16-21)22-17-11-6-12-18-22/h4-18,23,28H,19H2,1-3H3,(H,29,32)(H,30,31)/t23-/m0/s1. The molecule has 1 amide bonds. The molecule has 3 N–H and O–H groups in total. The number of rotatable bonds is 9. The number of hydrogen-bond donors (Lipinski definition) is 3. The van der Waals surface area contributed by atoms with Gasteiger partial charge in [0.25, 0.3) is 0 Å². The zero-order chi connectivity index (χ0) is 24.6. The van der Waals surface area contributed by atoms with E-state index in [1.54, 1.807) is 20.8 Å². The summed E-state index contributed by atoms with van der Waals surface area (Å²) >= 11 is 1.49. The highest BCUT2D eigenvalue weighted by atomic mass is 32.2. The third-order valence-corrected chi connectivity index (χ3v) is 6.69. The molecule has 3 rings (SSSR count). The number of benzene rings is 3. The predicted molar refractivity (Wildman–Crippen MR) is 136 cm³/mol. The highest BCUT2D eigenvalue weighted by Gasteiger charge is 2.38. The van der Waals surface area contributed by atoms with E-state index in [2.05, 4.69) is 47.2 Å². The number of carboxylic acids is 1. The number of hydrazine groups is 1. The second-order valence-corrected chi connectivity index (χ2v) is 9.99. The van der Waals surface area contributed by atoms with Crippen LogP contribution in [0.3, 0.4) is 0 Å². The summed E-state index contributed by atoms with van der Waals surface area (Å²) in [6, 6.07) is 29.0. The van der Waals surface area contributed by atoms with Crippen LogP contribution < -0.4 is 10.9 Å². The first kappa shape index (κ1) is 25.3. The van der Waals surface area contributed by atoms with Gasteiger partial charge in [0.1, 0.15) is 11.6 Å². The molecule has 0 saturated heterocycles. The van der Waals surface area contributed by atoms with Gasteiger partial charge in [-0.05, 0) is 37.5 Å². The van der Waals surface area contributed by atoms with E-state index in [1.165, 1.54) is 11.8 Å². The maximum atomic E-state index is 12.1. The quantitative estimate of drug-likeness (QED) is 0.290. The molecular weight excluding hydrogens is 448 g/mol. The lowest BCUT2D eigenvalue weighted by atomic mass is 9.84. The van der Waals surface area contributed by atoms with Crippen molar-refractivity contribution in [2.24, 2.45) is 0 Å². The molecule has 0 saturated carbocycles. The molecule has 0 radical (unpaired) electrons. The molecule has 6 nitrogen and oxygen atoms in total. The number of nitrogens with one attached hydrogen (secondary N) is 2. The van der Waals surface area contributed by atoms with Crippen molar-refractivity contribution in [2.75, 3.05) is 5.75 Å². The Balaban J connectivity index is 1.95. The maximum Gasteiger partial charge on any atom is 0.422 e. The summed E-state index contributed by atoms with van der Waals surface area (Å²) in [5.74, 6) is -0.907. The minimum absolute atomic E-state index is 0.170. The zero-order valence-corrected chi connectivity index (χ0v) is 20.3. The first-order valence-electron chi connectivity index (χ1n) is 11.0. The Labute approximate surface area is 204 Å². The Morgan fingerprint density at radius 3 is 1.59 bits per heavy atom. The maximum absolute atomic E-state index is 12.1. The molecule has 0 fully saturated rings. The van der Waals surface area contributed by atoms with Crippen molar-refractivity contribution in [3.05, 3.63) is 108 Å². The van der Waals surface area contributed by atoms with Crippen molar-refractivity contribution in [1.29, 1.82) is 0 Å². The third-order valence-electron chi connectivity index (χ3n) is 5.05. The van der Waals surface area contributed by atoms with Gasteiger partial charge in [0.2, 0.25) is 0 Å². The van der Waals surface area contributed by atoms with Crippen LogP contribution >= 0.6 is 11.8 Å². The molecule has 0 aliphatic carbocycles. The topological polar surface area (TPSA) is 87.7 Å². The second-order valence-electron chi connectivity index (χ2n) is 8.75. The van der Waals surface area contributed by atoms with Gasteiger partial charge in [-0.1, -0.05) is 91.0 Å². The number of thioether (sulfide) groups is 1. The monoisotopic (exact) mass is 478 g/mol. The summed E-state index contributed by atoms with van der Waals surface area (Å²) in [7, 11) is 0. The first-order chi connectivity index (χ1) is 16.2. The molecule has 0 aromatic heterocycles. The molecule has 3 aromatic carbocycles. The number of amides is 1. The van der Waals surface area contributed by atoms with E-state index in [0.29, 0.717) is 0 Å². The van der Waals surface area contributed by atoms with Gasteiger partial charge in [-0.3, -0.25) is 10.2 Å². The Hall–Kier alpha value is -3.29. The molecule has 0 heterocycles. The van der Waals surface area contributed by atoms with Crippen LogP contribution in [0.1, 0.15) is 37.5 Å². The van der Waals surface area contributed by atoms with E-state index >= 15 is 0 Å². The van der Waals surface area contributed by atoms with E-state index in [-0.39, 0.29) is 5.75 Å². The van der Waals surface area contributed by atoms with Gasteiger partial charge in [-0.15, -0.1) is 11.8 Å². The number of carbonyl (C=O) groups is 2. The third kappa shape index (κ3) is 6.40. The summed E-state index contributed by atoms with van der Waals surface area (Å²) < 4.78 is 4.55. The summed E-state index contributed by atoms with van der Waals surface area (Å²) in [4.78, 5) is 24.1. The number of ether oxygens (including phenoxy) is 1. The van der Waals surface area contributed by atoms with E-state index in [9.17, 15) is 14.7 Å². The minimum atomic E-state index is -1.08. The summed E-state index contributed by atoms with van der Waals surface area (Å²) in [6.45, 7) is 5.22. The average Bonchev–Trinajstić information content (AvgIpc) is 2.82. The van der Waals surface area contributed by atoms with Crippen LogP contribution in [-0.2, 0) is 14.3 Å². The molecular formula is C27H30N2O4S. The van der Waals surface area contributed by atoms with Gasteiger partial charge in [0, 0.05) is 5.75 Å². The molecule has 178 valence electrons. The van der Waals surface area contributed by atoms with Crippen LogP contribution in [0, 0.1) is 0 Å². The van der Waals surface area contributed by atoms with Gasteiger partial charge < -0.3 is 9.84 Å². The van der Waals surface area contributed by atoms with Crippen LogP contribution in [0.5, 0.6) is 0 Å². The van der Waals surface area contributed by atoms with Gasteiger partial charge in [0.15, 0.2) is 0 Å². The predicted octanol–water partition coefficient (Wildman–Crippen LogP) is 5.19. The van der Waals surface area contributed by atoms with Gasteiger partial charge in [0.05, 0.1) is 4.75 Å². The van der Waals surface area contributed by atoms with E-state index < -0.39 is 28.5 Å². The Bertz CT molecular complexity index is 973. The molecule has 7 heteroatoms. The normalized spacial score (nSPS) is 12.6. The highest BCUT2D eigenvalue weighted by molar-refractivity contribution is 8.00. The lowest BCUT2D eigenvalue weighted by molar-refractivity contribution is -0.139. The molecule has 3 aromatic rings. The summed E-state index contributed by atoms with van der Waals surface area (Å²) in [5, 5.41) is 9.86. The van der Waals surface area contributed by atoms with Crippen molar-refractivity contribution < 1.29 is 19.4 Å². The molecule has 34 heavy (non-hydrogen) atoms. The van der Waals surface area contributed by atoms with Crippen molar-refractivity contribution in [3.8, 4) is 0 Å². The average molecular weight is 479 g/mol. The van der Waals surface area contributed by atoms with Gasteiger partial charge in [-0.2, -0.15) is 0 Å². The van der Waals surface area contributed by atoms with Crippen molar-refractivity contribution in [2.45, 2.75) is 37.2 Å².